The van der Waals surface area contributed by atoms with Crippen LogP contribution in [0.15, 0.2) is 0 Å². The van der Waals surface area contributed by atoms with Crippen molar-refractivity contribution in [1.29, 1.82) is 0 Å². The highest BCUT2D eigenvalue weighted by Gasteiger charge is 2.40. The average molecular weight is 404 g/mol. The number of hydrogen-bond donors (Lipinski definition) is 0. The smallest absolute Gasteiger partial charge is 0.0986 e. The Morgan fingerprint density at radius 1 is 0.444 bits per heavy atom. The topological polar surface area (TPSA) is 0 Å². The summed E-state index contributed by atoms with van der Waals surface area (Å²) in [6, 6.07) is 0. The minimum Gasteiger partial charge on any atom is -1.00 e. The molecule has 1 nitrogen and oxygen atoms in total. The first-order valence-electron chi connectivity index (χ1n) is 12.2. The Balaban J connectivity index is 0. The molecule has 0 aliphatic heterocycles. The van der Waals surface area contributed by atoms with E-state index in [0.717, 1.165) is 0 Å². The molecule has 2 heteroatoms. The molecule has 0 unspecified atom stereocenters. The molecule has 0 radical (unpaired) electrons. The van der Waals surface area contributed by atoms with E-state index >= 15 is 0 Å². The molecule has 0 aromatic rings. The van der Waals surface area contributed by atoms with E-state index in [0.29, 0.717) is 5.54 Å². The Morgan fingerprint density at radius 2 is 0.704 bits per heavy atom. The van der Waals surface area contributed by atoms with Crippen molar-refractivity contribution in [3.8, 4) is 0 Å². The average Bonchev–Trinajstić information content (AvgIpc) is 2.59. The maximum absolute atomic E-state index is 2.47. The second kappa shape index (κ2) is 18.3. The monoisotopic (exact) mass is 403 g/mol. The van der Waals surface area contributed by atoms with Crippen molar-refractivity contribution in [1.82, 2.24) is 0 Å². The van der Waals surface area contributed by atoms with Gasteiger partial charge < -0.3 is 16.9 Å². The van der Waals surface area contributed by atoms with Crippen LogP contribution in [0, 0.1) is 0 Å². The van der Waals surface area contributed by atoms with E-state index in [4.69, 9.17) is 0 Å². The quantitative estimate of drug-likeness (QED) is 0.197. The zero-order valence-electron chi connectivity index (χ0n) is 20.1. The summed E-state index contributed by atoms with van der Waals surface area (Å²) in [5, 5.41) is 0. The minimum atomic E-state index is 0. The lowest BCUT2D eigenvalue weighted by Crippen LogP contribution is -3.00. The van der Waals surface area contributed by atoms with Gasteiger partial charge in [-0.05, 0) is 19.3 Å². The molecule has 0 amide bonds. The summed E-state index contributed by atoms with van der Waals surface area (Å²) >= 11 is 0. The Labute approximate surface area is 180 Å². The largest absolute Gasteiger partial charge is 1.00 e. The number of unbranched alkanes of at least 4 members (excludes halogenated alkanes) is 12. The van der Waals surface area contributed by atoms with Gasteiger partial charge in [0.05, 0.1) is 26.7 Å². The number of quaternary nitrogens is 1. The van der Waals surface area contributed by atoms with Gasteiger partial charge in [-0.15, -0.1) is 0 Å². The Morgan fingerprint density at radius 3 is 1.00 bits per heavy atom. The predicted molar refractivity (Wildman–Crippen MR) is 121 cm³/mol. The van der Waals surface area contributed by atoms with Gasteiger partial charge in [0.1, 0.15) is 0 Å². The molecule has 0 aromatic carbocycles. The number of rotatable bonds is 19. The lowest BCUT2D eigenvalue weighted by molar-refractivity contribution is -0.926. The lowest BCUT2D eigenvalue weighted by Gasteiger charge is -2.47. The molecule has 0 heterocycles. The highest BCUT2D eigenvalue weighted by Crippen LogP contribution is 2.37. The van der Waals surface area contributed by atoms with Gasteiger partial charge >= 0.3 is 0 Å². The predicted octanol–water partition coefficient (Wildman–Crippen LogP) is 5.52. The maximum Gasteiger partial charge on any atom is 0.0986 e. The van der Waals surface area contributed by atoms with Gasteiger partial charge in [0, 0.05) is 19.3 Å². The molecule has 0 bridgehead atoms. The van der Waals surface area contributed by atoms with Crippen LogP contribution < -0.4 is 12.4 Å². The highest BCUT2D eigenvalue weighted by molar-refractivity contribution is 4.81. The fraction of sp³-hybridized carbons (Fsp3) is 1.00. The van der Waals surface area contributed by atoms with Gasteiger partial charge in [0.25, 0.3) is 0 Å². The van der Waals surface area contributed by atoms with Crippen LogP contribution in [0.5, 0.6) is 0 Å². The molecule has 0 atom stereocenters. The zero-order valence-corrected chi connectivity index (χ0v) is 20.8. The molecule has 0 aliphatic carbocycles. The van der Waals surface area contributed by atoms with Gasteiger partial charge in [-0.3, -0.25) is 0 Å². The van der Waals surface area contributed by atoms with Crippen LogP contribution in [-0.2, 0) is 0 Å². The first kappa shape index (κ1) is 29.5. The standard InChI is InChI=1S/C25H54N.ClH/c1-7-10-13-16-17-18-21-24-25(26(4,5)6,22-19-14-11-8-2)23-20-15-12-9-3;/h7-24H2,1-6H3;1H/q+1;/p-1. The minimum absolute atomic E-state index is 0. The van der Waals surface area contributed by atoms with E-state index in [1.54, 1.807) is 0 Å². The van der Waals surface area contributed by atoms with Crippen molar-refractivity contribution in [2.75, 3.05) is 21.1 Å². The lowest BCUT2D eigenvalue weighted by atomic mass is 9.79. The molecule has 0 N–H and O–H groups in total. The van der Waals surface area contributed by atoms with Crippen LogP contribution in [0.1, 0.15) is 136 Å². The fourth-order valence-corrected chi connectivity index (χ4v) is 4.55. The van der Waals surface area contributed by atoms with E-state index in [-0.39, 0.29) is 12.4 Å². The fourth-order valence-electron chi connectivity index (χ4n) is 4.55. The van der Waals surface area contributed by atoms with E-state index < -0.39 is 0 Å². The summed E-state index contributed by atoms with van der Waals surface area (Å²) in [6.45, 7) is 6.97. The van der Waals surface area contributed by atoms with Crippen molar-refractivity contribution in [3.05, 3.63) is 0 Å². The molecule has 0 fully saturated rings. The van der Waals surface area contributed by atoms with E-state index in [1.165, 1.54) is 120 Å². The summed E-state index contributed by atoms with van der Waals surface area (Å²) < 4.78 is 1.17. The number of halogens is 1. The van der Waals surface area contributed by atoms with Crippen molar-refractivity contribution in [2.45, 2.75) is 142 Å². The van der Waals surface area contributed by atoms with Crippen LogP contribution in [0.25, 0.3) is 0 Å². The molecular weight excluding hydrogens is 350 g/mol. The van der Waals surface area contributed by atoms with Crippen LogP contribution in [0.3, 0.4) is 0 Å². The molecule has 0 rings (SSSR count). The van der Waals surface area contributed by atoms with Crippen LogP contribution in [0.4, 0.5) is 0 Å². The molecule has 0 aromatic heterocycles. The van der Waals surface area contributed by atoms with Gasteiger partial charge in [-0.25, -0.2) is 0 Å². The van der Waals surface area contributed by atoms with Crippen molar-refractivity contribution in [2.24, 2.45) is 0 Å². The molecule has 166 valence electrons. The SMILES string of the molecule is CCCCCCCCCC(CCCCCC)(CCCCCC)[N+](C)(C)C.[Cl-]. The first-order chi connectivity index (χ1) is 12.4. The molecule has 27 heavy (non-hydrogen) atoms. The van der Waals surface area contributed by atoms with E-state index in [2.05, 4.69) is 41.9 Å². The second-order valence-corrected chi connectivity index (χ2v) is 9.73. The Kier molecular flexibility index (Phi) is 19.9. The van der Waals surface area contributed by atoms with Gasteiger partial charge in [0.15, 0.2) is 0 Å². The van der Waals surface area contributed by atoms with Gasteiger partial charge in [-0.1, -0.05) is 97.8 Å². The summed E-state index contributed by atoms with van der Waals surface area (Å²) in [6.07, 6.45) is 25.7. The highest BCUT2D eigenvalue weighted by atomic mass is 35.5. The maximum atomic E-state index is 2.47. The molecule has 0 saturated heterocycles. The van der Waals surface area contributed by atoms with Gasteiger partial charge in [-0.2, -0.15) is 0 Å². The van der Waals surface area contributed by atoms with Crippen LogP contribution in [-0.4, -0.2) is 31.2 Å². The number of hydrogen-bond acceptors (Lipinski definition) is 0. The first-order valence-corrected chi connectivity index (χ1v) is 12.2. The third-order valence-corrected chi connectivity index (χ3v) is 6.66. The normalized spacial score (nSPS) is 12.2. The Bertz CT molecular complexity index is 283. The van der Waals surface area contributed by atoms with Crippen molar-refractivity contribution < 1.29 is 16.9 Å². The summed E-state index contributed by atoms with van der Waals surface area (Å²) in [7, 11) is 7.42. The molecular formula is C25H54ClN. The second-order valence-electron chi connectivity index (χ2n) is 9.73. The number of nitrogens with zero attached hydrogens (tertiary/aromatic N) is 1. The summed E-state index contributed by atoms with van der Waals surface area (Å²) in [4.78, 5) is 0. The molecule has 0 aliphatic rings. The van der Waals surface area contributed by atoms with E-state index in [1.807, 2.05) is 0 Å². The van der Waals surface area contributed by atoms with E-state index in [9.17, 15) is 0 Å². The van der Waals surface area contributed by atoms with Crippen LogP contribution >= 0.6 is 0 Å². The summed E-state index contributed by atoms with van der Waals surface area (Å²) in [5.74, 6) is 0. The molecule has 0 spiro atoms. The molecule has 0 saturated carbocycles. The third-order valence-electron chi connectivity index (χ3n) is 6.66. The van der Waals surface area contributed by atoms with Crippen molar-refractivity contribution in [3.63, 3.8) is 0 Å². The zero-order chi connectivity index (χ0) is 19.7. The van der Waals surface area contributed by atoms with Crippen molar-refractivity contribution >= 4 is 0 Å². The third kappa shape index (κ3) is 14.0. The Hall–Kier alpha value is 0.250. The summed E-state index contributed by atoms with van der Waals surface area (Å²) in [5.41, 5.74) is 0.519. The van der Waals surface area contributed by atoms with Gasteiger partial charge in [0.2, 0.25) is 0 Å². The van der Waals surface area contributed by atoms with Crippen LogP contribution in [0.2, 0.25) is 0 Å².